The van der Waals surface area contributed by atoms with Gasteiger partial charge in [-0.2, -0.15) is 10.5 Å². The molecule has 0 radical (unpaired) electrons. The highest BCUT2D eigenvalue weighted by atomic mass is 15.2. The molecule has 4 nitrogen and oxygen atoms in total. The maximum atomic E-state index is 10.6. The minimum absolute atomic E-state index is 0.561. The molecule has 0 atom stereocenters. The van der Waals surface area contributed by atoms with Crippen molar-refractivity contribution >= 4 is 34.1 Å². The Morgan fingerprint density at radius 2 is 0.430 bits per heavy atom. The molecule has 0 fully saturated rings. The topological polar surface area (TPSA) is 54.1 Å². The van der Waals surface area contributed by atoms with Crippen LogP contribution in [0.25, 0.3) is 44.5 Å². The van der Waals surface area contributed by atoms with Gasteiger partial charge in [0.15, 0.2) is 0 Å². The molecule has 13 aromatic carbocycles. The van der Waals surface area contributed by atoms with Crippen LogP contribution in [0.15, 0.2) is 328 Å². The smallest absolute Gasteiger partial charge is 0.0991 e. The number of hydrogen-bond donors (Lipinski definition) is 0. The Balaban J connectivity index is 1.19. The van der Waals surface area contributed by atoms with Crippen molar-refractivity contribution < 1.29 is 0 Å². The predicted octanol–water partition coefficient (Wildman–Crippen LogP) is 20.4. The number of fused-ring (bicyclic) bond motifs is 4. The molecule has 2 heterocycles. The maximum Gasteiger partial charge on any atom is 0.0991 e. The molecule has 402 valence electrons. The monoisotopic (exact) mass is 1090 g/mol. The van der Waals surface area contributed by atoms with Crippen LogP contribution in [0.2, 0.25) is 0 Å². The van der Waals surface area contributed by atoms with E-state index in [1.807, 2.05) is 24.3 Å². The fourth-order valence-corrected chi connectivity index (χ4v) is 14.2. The number of nitrogens with zero attached hydrogens (tertiary/aromatic N) is 4. The van der Waals surface area contributed by atoms with E-state index in [4.69, 9.17) is 0 Å². The maximum absolute atomic E-state index is 10.6. The summed E-state index contributed by atoms with van der Waals surface area (Å²) in [5.41, 5.74) is 22.5. The Labute approximate surface area is 502 Å². The minimum atomic E-state index is -0.759. The summed E-state index contributed by atoms with van der Waals surface area (Å²) in [7, 11) is 0. The molecule has 13 aromatic rings. The second kappa shape index (κ2) is 21.3. The van der Waals surface area contributed by atoms with Gasteiger partial charge in [-0.05, 0) is 115 Å². The van der Waals surface area contributed by atoms with E-state index < -0.39 is 10.8 Å². The summed E-state index contributed by atoms with van der Waals surface area (Å²) in [6.45, 7) is 0. The standard InChI is InChI=1S/C82H54N4/c83-55-57-47-51-61(52-48-57)77-75(59-27-7-1-8-28-59)79(85-71-43-23-19-39-67(71)81(63-31-11-3-12-32-63,64-33-13-4-14-34-64)68-40-20-24-44-72(68)85)76(60-29-9-2-10-30-60)78(62-53-49-58(56-84)50-54-62)80(77)86-73-45-25-21-41-69(73)82(65-35-15-5-16-36-65,66-37-17-6-18-38-66)70-42-22-26-46-74(70)86/h1-54H. The van der Waals surface area contributed by atoms with E-state index in [0.29, 0.717) is 11.1 Å². The third kappa shape index (κ3) is 7.89. The quantitative estimate of drug-likeness (QED) is 0.137. The largest absolute Gasteiger partial charge is 0.309 e. The van der Waals surface area contributed by atoms with Crippen molar-refractivity contribution in [3.8, 4) is 56.6 Å². The van der Waals surface area contributed by atoms with E-state index in [1.54, 1.807) is 0 Å². The summed E-state index contributed by atoms with van der Waals surface area (Å²) >= 11 is 0. The first-order chi connectivity index (χ1) is 42.6. The van der Waals surface area contributed by atoms with Crippen LogP contribution in [0.3, 0.4) is 0 Å². The lowest BCUT2D eigenvalue weighted by molar-refractivity contribution is 0.731. The first-order valence-corrected chi connectivity index (χ1v) is 29.2. The molecule has 2 aliphatic heterocycles. The fraction of sp³-hybridized carbons (Fsp3) is 0.0244. The van der Waals surface area contributed by atoms with E-state index in [0.717, 1.165) is 123 Å². The predicted molar refractivity (Wildman–Crippen MR) is 351 cm³/mol. The molecule has 0 spiro atoms. The molecule has 0 aliphatic carbocycles. The van der Waals surface area contributed by atoms with Crippen LogP contribution in [0.4, 0.5) is 34.1 Å². The highest BCUT2D eigenvalue weighted by molar-refractivity contribution is 6.18. The zero-order valence-corrected chi connectivity index (χ0v) is 47.0. The molecular weight excluding hydrogens is 1040 g/mol. The summed E-state index contributed by atoms with van der Waals surface area (Å²) in [6.07, 6.45) is 0. The average Bonchev–Trinajstić information content (AvgIpc) is 0.821. The van der Waals surface area contributed by atoms with Crippen molar-refractivity contribution in [3.05, 3.63) is 383 Å². The van der Waals surface area contributed by atoms with Gasteiger partial charge >= 0.3 is 0 Å². The number of benzene rings is 13. The molecule has 86 heavy (non-hydrogen) atoms. The average molecular weight is 1100 g/mol. The van der Waals surface area contributed by atoms with Crippen LogP contribution in [0.1, 0.15) is 55.6 Å². The molecule has 0 unspecified atom stereocenters. The molecule has 0 saturated carbocycles. The molecule has 2 aliphatic rings. The van der Waals surface area contributed by atoms with Crippen molar-refractivity contribution in [2.24, 2.45) is 0 Å². The van der Waals surface area contributed by atoms with Gasteiger partial charge in [0.1, 0.15) is 0 Å². The molecule has 0 amide bonds. The van der Waals surface area contributed by atoms with Crippen LogP contribution in [0.5, 0.6) is 0 Å². The lowest BCUT2D eigenvalue weighted by Gasteiger charge is -2.49. The second-order valence-corrected chi connectivity index (χ2v) is 22.0. The first-order valence-electron chi connectivity index (χ1n) is 29.2. The van der Waals surface area contributed by atoms with Gasteiger partial charge in [0.25, 0.3) is 0 Å². The van der Waals surface area contributed by atoms with E-state index >= 15 is 0 Å². The van der Waals surface area contributed by atoms with Crippen molar-refractivity contribution in [1.29, 1.82) is 10.5 Å². The zero-order valence-electron chi connectivity index (χ0n) is 47.0. The van der Waals surface area contributed by atoms with Gasteiger partial charge in [0.2, 0.25) is 0 Å². The summed E-state index contributed by atoms with van der Waals surface area (Å²) < 4.78 is 0. The number of rotatable bonds is 10. The lowest BCUT2D eigenvalue weighted by atomic mass is 9.62. The number of nitriles is 2. The van der Waals surface area contributed by atoms with Crippen LogP contribution < -0.4 is 9.80 Å². The molecule has 0 bridgehead atoms. The molecule has 0 aromatic heterocycles. The Bertz CT molecular complexity index is 4440. The van der Waals surface area contributed by atoms with Crippen LogP contribution in [0, 0.1) is 22.7 Å². The van der Waals surface area contributed by atoms with E-state index in [-0.39, 0.29) is 0 Å². The van der Waals surface area contributed by atoms with Gasteiger partial charge in [-0.3, -0.25) is 0 Å². The molecule has 15 rings (SSSR count). The Morgan fingerprint density at radius 3 is 0.674 bits per heavy atom. The Morgan fingerprint density at radius 1 is 0.221 bits per heavy atom. The van der Waals surface area contributed by atoms with Crippen LogP contribution >= 0.6 is 0 Å². The van der Waals surface area contributed by atoms with Crippen molar-refractivity contribution in [3.63, 3.8) is 0 Å². The third-order valence-corrected chi connectivity index (χ3v) is 17.6. The molecule has 0 N–H and O–H groups in total. The SMILES string of the molecule is N#Cc1ccc(-c2c(-c3ccccc3)c(N3c4ccccc4C(c4ccccc4)(c4ccccc4)c4ccccc43)c(-c3ccccc3)c(-c3ccc(C#N)cc3)c2N2c3ccccc3C(c3ccccc3)(c3ccccc3)c3ccccc32)cc1. The van der Waals surface area contributed by atoms with E-state index in [9.17, 15) is 10.5 Å². The summed E-state index contributed by atoms with van der Waals surface area (Å²) in [6, 6.07) is 123. The highest BCUT2D eigenvalue weighted by Gasteiger charge is 2.50. The Hall–Kier alpha value is -11.6. The first kappa shape index (κ1) is 51.3. The zero-order chi connectivity index (χ0) is 57.6. The minimum Gasteiger partial charge on any atom is -0.309 e. The lowest BCUT2D eigenvalue weighted by Crippen LogP contribution is -2.38. The highest BCUT2D eigenvalue weighted by Crippen LogP contribution is 2.67. The van der Waals surface area contributed by atoms with Gasteiger partial charge in [-0.25, -0.2) is 0 Å². The fourth-order valence-electron chi connectivity index (χ4n) is 14.2. The van der Waals surface area contributed by atoms with Crippen LogP contribution in [-0.4, -0.2) is 0 Å². The van der Waals surface area contributed by atoms with Crippen LogP contribution in [-0.2, 0) is 10.8 Å². The third-order valence-electron chi connectivity index (χ3n) is 17.6. The summed E-state index contributed by atoms with van der Waals surface area (Å²) in [5, 5.41) is 21.1. The summed E-state index contributed by atoms with van der Waals surface area (Å²) in [5.74, 6) is 0. The Kier molecular flexibility index (Phi) is 12.7. The van der Waals surface area contributed by atoms with Gasteiger partial charge in [0.05, 0.1) is 68.2 Å². The normalized spacial score (nSPS) is 13.2. The van der Waals surface area contributed by atoms with E-state index in [2.05, 4.69) is 325 Å². The van der Waals surface area contributed by atoms with Crippen molar-refractivity contribution in [2.45, 2.75) is 10.8 Å². The number of para-hydroxylation sites is 4. The summed E-state index contributed by atoms with van der Waals surface area (Å²) in [4.78, 5) is 5.09. The molecular formula is C82H54N4. The van der Waals surface area contributed by atoms with Gasteiger partial charge < -0.3 is 9.80 Å². The molecule has 4 heteroatoms. The van der Waals surface area contributed by atoms with Gasteiger partial charge in [-0.15, -0.1) is 0 Å². The van der Waals surface area contributed by atoms with Crippen molar-refractivity contribution in [1.82, 2.24) is 0 Å². The molecule has 0 saturated heterocycles. The van der Waals surface area contributed by atoms with E-state index in [1.165, 1.54) is 0 Å². The van der Waals surface area contributed by atoms with Crippen molar-refractivity contribution in [2.75, 3.05) is 9.80 Å². The number of anilines is 6. The van der Waals surface area contributed by atoms with Gasteiger partial charge in [-0.1, -0.05) is 279 Å². The number of hydrogen-bond acceptors (Lipinski definition) is 4. The van der Waals surface area contributed by atoms with Gasteiger partial charge in [0, 0.05) is 22.3 Å². The second-order valence-electron chi connectivity index (χ2n) is 22.0.